The van der Waals surface area contributed by atoms with E-state index < -0.39 is 95.4 Å². The van der Waals surface area contributed by atoms with E-state index in [1.165, 1.54) is 70.5 Å². The molecule has 8 unspecified atom stereocenters. The van der Waals surface area contributed by atoms with E-state index in [-0.39, 0.29) is 87.0 Å². The third-order valence-corrected chi connectivity index (χ3v) is 16.6. The minimum absolute atomic E-state index is 0.0167. The van der Waals surface area contributed by atoms with Gasteiger partial charge in [0, 0.05) is 60.3 Å². The first-order valence-electron chi connectivity index (χ1n) is 28.3. The summed E-state index contributed by atoms with van der Waals surface area (Å²) in [5.41, 5.74) is 1.31. The van der Waals surface area contributed by atoms with Gasteiger partial charge in [-0.3, -0.25) is 38.4 Å². The third-order valence-electron chi connectivity index (χ3n) is 16.6. The van der Waals surface area contributed by atoms with Crippen LogP contribution in [0.4, 0.5) is 8.78 Å². The summed E-state index contributed by atoms with van der Waals surface area (Å²) < 4.78 is 40.4. The van der Waals surface area contributed by atoms with Crippen LogP contribution in [0.15, 0.2) is 60.7 Å². The van der Waals surface area contributed by atoms with Gasteiger partial charge in [0.1, 0.15) is 47.3 Å². The standard InChI is InChI=1S/C58H74F2N10O10/c1-61-29-49(71)67-51(33-9-5-3-6-10-33)57(77)69-31-39(27-45(69)55(75)65-43-21-23-79-47-19-17-37(59)25-41(43)47)63-53(73)35-13-15-36(16-14-35)54(74)64-40-28-46(56(76)66-44-22-24-80-48-20-18-38(60)26-42(44)48)70(32-40)58(78)52(68-50(72)30-62-2)34-11-7-4-8-12-34/h13-20,25-26,33-34,39-40,43-46,51-52,61-62H,3-12,21-24,27-32H2,1-2H3,(H,63,73)(H,64,74)(H,65,75)(H,66,76)(H,67,71)(H,68,72). The van der Waals surface area contributed by atoms with Crippen molar-refractivity contribution in [3.05, 3.63) is 94.6 Å². The number of nitrogens with one attached hydrogen (secondary N) is 8. The summed E-state index contributed by atoms with van der Waals surface area (Å²) in [6.45, 7) is 0.425. The second kappa shape index (κ2) is 26.4. The monoisotopic (exact) mass is 1110 g/mol. The van der Waals surface area contributed by atoms with Crippen LogP contribution in [0, 0.1) is 23.5 Å². The van der Waals surface area contributed by atoms with Crippen molar-refractivity contribution >= 4 is 47.3 Å². The van der Waals surface area contributed by atoms with E-state index in [2.05, 4.69) is 42.5 Å². The quantitative estimate of drug-likeness (QED) is 0.0915. The number of carbonyl (C=O) groups is 8. The topological polar surface area (TPSA) is 258 Å². The Kier molecular flexibility index (Phi) is 19.0. The van der Waals surface area contributed by atoms with Crippen molar-refractivity contribution in [2.45, 2.75) is 138 Å². The van der Waals surface area contributed by atoms with Crippen LogP contribution < -0.4 is 52.0 Å². The van der Waals surface area contributed by atoms with Crippen molar-refractivity contribution in [3.8, 4) is 11.5 Å². The summed E-state index contributed by atoms with van der Waals surface area (Å²) in [5.74, 6) is -4.10. The second-order valence-corrected chi connectivity index (χ2v) is 22.1. The Morgan fingerprint density at radius 3 is 1.29 bits per heavy atom. The lowest BCUT2D eigenvalue weighted by Gasteiger charge is -2.35. The Morgan fingerprint density at radius 1 is 0.525 bits per heavy atom. The lowest BCUT2D eigenvalue weighted by atomic mass is 9.83. The van der Waals surface area contributed by atoms with Gasteiger partial charge in [0.2, 0.25) is 35.4 Å². The van der Waals surface area contributed by atoms with Gasteiger partial charge in [-0.2, -0.15) is 0 Å². The van der Waals surface area contributed by atoms with Crippen molar-refractivity contribution in [3.63, 3.8) is 0 Å². The molecule has 0 radical (unpaired) electrons. The lowest BCUT2D eigenvalue weighted by molar-refractivity contribution is -0.143. The molecule has 430 valence electrons. The number of likely N-dealkylation sites (tertiary alicyclic amines) is 2. The van der Waals surface area contributed by atoms with Crippen LogP contribution in [0.3, 0.4) is 0 Å². The predicted octanol–water partition coefficient (Wildman–Crippen LogP) is 3.21. The van der Waals surface area contributed by atoms with Crippen LogP contribution in [0.2, 0.25) is 0 Å². The Labute approximate surface area is 464 Å². The van der Waals surface area contributed by atoms with Gasteiger partial charge >= 0.3 is 0 Å². The van der Waals surface area contributed by atoms with Crippen molar-refractivity contribution in [2.24, 2.45) is 11.8 Å². The number of ether oxygens (including phenoxy) is 2. The summed E-state index contributed by atoms with van der Waals surface area (Å²) in [7, 11) is 3.26. The zero-order chi connectivity index (χ0) is 56.5. The molecule has 8 atom stereocenters. The van der Waals surface area contributed by atoms with Gasteiger partial charge in [-0.05, 0) is 125 Å². The average molecular weight is 1110 g/mol. The number of likely N-dealkylation sites (N-methyl/N-ethyl adjacent to an activating group) is 2. The number of carbonyl (C=O) groups excluding carboxylic acids is 8. The Hall–Kier alpha value is -7.20. The maximum absolute atomic E-state index is 14.8. The minimum Gasteiger partial charge on any atom is -0.493 e. The van der Waals surface area contributed by atoms with Gasteiger partial charge < -0.3 is 61.8 Å². The van der Waals surface area contributed by atoms with Gasteiger partial charge in [0.25, 0.3) is 11.8 Å². The number of hydrogen-bond acceptors (Lipinski definition) is 12. The summed E-state index contributed by atoms with van der Waals surface area (Å²) in [6.07, 6.45) is 9.20. The maximum atomic E-state index is 14.8. The van der Waals surface area contributed by atoms with Crippen molar-refractivity contribution in [1.29, 1.82) is 0 Å². The van der Waals surface area contributed by atoms with Crippen LogP contribution in [-0.2, 0) is 28.8 Å². The highest BCUT2D eigenvalue weighted by Gasteiger charge is 2.47. The molecule has 4 aliphatic heterocycles. The molecule has 0 spiro atoms. The molecule has 2 saturated heterocycles. The molecule has 4 heterocycles. The largest absolute Gasteiger partial charge is 0.493 e. The van der Waals surface area contributed by atoms with E-state index in [9.17, 15) is 47.1 Å². The fourth-order valence-electron chi connectivity index (χ4n) is 12.6. The molecule has 8 amide bonds. The van der Waals surface area contributed by atoms with Crippen LogP contribution in [0.25, 0.3) is 0 Å². The van der Waals surface area contributed by atoms with Gasteiger partial charge in [0.05, 0.1) is 38.4 Å². The molecule has 2 saturated carbocycles. The second-order valence-electron chi connectivity index (χ2n) is 22.1. The third kappa shape index (κ3) is 13.7. The molecule has 3 aromatic carbocycles. The number of rotatable bonds is 18. The number of hydrogen-bond donors (Lipinski definition) is 8. The van der Waals surface area contributed by atoms with Gasteiger partial charge in [-0.15, -0.1) is 0 Å². The fourth-order valence-corrected chi connectivity index (χ4v) is 12.6. The molecule has 0 aromatic heterocycles. The van der Waals surface area contributed by atoms with Gasteiger partial charge in [-0.25, -0.2) is 8.78 Å². The first-order valence-corrected chi connectivity index (χ1v) is 28.3. The van der Waals surface area contributed by atoms with Crippen molar-refractivity contribution < 1.29 is 56.6 Å². The summed E-state index contributed by atoms with van der Waals surface area (Å²) in [4.78, 5) is 115. The van der Waals surface area contributed by atoms with E-state index >= 15 is 0 Å². The van der Waals surface area contributed by atoms with E-state index in [4.69, 9.17) is 9.47 Å². The number of halogens is 2. The molecule has 6 aliphatic rings. The SMILES string of the molecule is CNCC(=O)NC(C(=O)N1CC(NC(=O)c2ccc(C(=O)NC3CC(C(=O)NC4CCOc5ccc(F)cc54)N(C(=O)C(NC(=O)CNC)C4CCCCC4)C3)cc2)CC1C(=O)NC1CCOc2ccc(F)cc21)C1CCCCC1. The first kappa shape index (κ1) is 57.5. The van der Waals surface area contributed by atoms with Crippen LogP contribution >= 0.6 is 0 Å². The molecule has 80 heavy (non-hydrogen) atoms. The molecule has 8 N–H and O–H groups in total. The van der Waals surface area contributed by atoms with E-state index in [1.807, 2.05) is 0 Å². The van der Waals surface area contributed by atoms with E-state index in [0.29, 0.717) is 61.2 Å². The number of benzene rings is 3. The highest BCUT2D eigenvalue weighted by Crippen LogP contribution is 2.36. The van der Waals surface area contributed by atoms with E-state index in [1.54, 1.807) is 14.1 Å². The Bertz CT molecular complexity index is 2590. The average Bonchev–Trinajstić information content (AvgIpc) is 4.15. The number of nitrogens with zero attached hydrogens (tertiary/aromatic N) is 2. The van der Waals surface area contributed by atoms with E-state index in [0.717, 1.165) is 38.5 Å². The molecule has 2 aliphatic carbocycles. The molecule has 4 fully saturated rings. The minimum atomic E-state index is -1.06. The van der Waals surface area contributed by atoms with Crippen molar-refractivity contribution in [1.82, 2.24) is 52.3 Å². The smallest absolute Gasteiger partial charge is 0.251 e. The maximum Gasteiger partial charge on any atom is 0.251 e. The zero-order valence-electron chi connectivity index (χ0n) is 45.4. The Morgan fingerprint density at radius 2 is 0.912 bits per heavy atom. The molecule has 20 nitrogen and oxygen atoms in total. The van der Waals surface area contributed by atoms with Crippen LogP contribution in [0.1, 0.15) is 134 Å². The molecular formula is C58H74F2N10O10. The molecular weight excluding hydrogens is 1030 g/mol. The molecule has 0 bridgehead atoms. The van der Waals surface area contributed by atoms with Crippen molar-refractivity contribution in [2.75, 3.05) is 53.5 Å². The normalized spacial score (nSPS) is 23.6. The summed E-state index contributed by atoms with van der Waals surface area (Å²) >= 11 is 0. The number of amides is 8. The van der Waals surface area contributed by atoms with Gasteiger partial charge in [-0.1, -0.05) is 38.5 Å². The van der Waals surface area contributed by atoms with Crippen LogP contribution in [-0.4, -0.2) is 147 Å². The van der Waals surface area contributed by atoms with Gasteiger partial charge in [0.15, 0.2) is 0 Å². The molecule has 9 rings (SSSR count). The number of fused-ring (bicyclic) bond motifs is 2. The lowest BCUT2D eigenvalue weighted by Crippen LogP contribution is -2.57. The summed E-state index contributed by atoms with van der Waals surface area (Å²) in [5, 5.41) is 23.5. The Balaban J connectivity index is 0.895. The van der Waals surface area contributed by atoms with Crippen LogP contribution in [0.5, 0.6) is 11.5 Å². The molecule has 3 aromatic rings. The highest BCUT2D eigenvalue weighted by molar-refractivity contribution is 5.99. The summed E-state index contributed by atoms with van der Waals surface area (Å²) in [6, 6.07) is 7.53. The highest BCUT2D eigenvalue weighted by atomic mass is 19.1. The predicted molar refractivity (Wildman–Crippen MR) is 289 cm³/mol. The zero-order valence-corrected chi connectivity index (χ0v) is 45.4. The first-order chi connectivity index (χ1) is 38.7. The molecule has 22 heteroatoms. The fraction of sp³-hybridized carbons (Fsp3) is 0.552.